The van der Waals surface area contributed by atoms with Crippen LogP contribution in [0.25, 0.3) is 0 Å². The molecule has 0 bridgehead atoms. The van der Waals surface area contributed by atoms with Crippen molar-refractivity contribution in [2.24, 2.45) is 11.7 Å². The summed E-state index contributed by atoms with van der Waals surface area (Å²) >= 11 is 0. The molecule has 0 spiro atoms. The van der Waals surface area contributed by atoms with Gasteiger partial charge >= 0.3 is 0 Å². The third-order valence-electron chi connectivity index (χ3n) is 4.47. The first-order valence-electron chi connectivity index (χ1n) is 7.50. The third-order valence-corrected chi connectivity index (χ3v) is 4.47. The van der Waals surface area contributed by atoms with Gasteiger partial charge in [0.15, 0.2) is 0 Å². The molecular formula is C16H21N3O2. The number of carbonyl (C=O) groups excluding carboxylic acids is 2. The highest BCUT2D eigenvalue weighted by Gasteiger charge is 2.35. The number of rotatable bonds is 4. The SMILES string of the molecule is CN(C(=O)c1ccc2c(c1)CCC(=O)N2)C(CN)C1CC1. The number of fused-ring (bicyclic) bond motifs is 1. The normalized spacial score (nSPS) is 18.7. The molecule has 1 aliphatic heterocycles. The van der Waals surface area contributed by atoms with Gasteiger partial charge in [0, 0.05) is 37.3 Å². The number of benzene rings is 1. The Morgan fingerprint density at radius 3 is 2.86 bits per heavy atom. The molecule has 1 fully saturated rings. The van der Waals surface area contributed by atoms with Crippen LogP contribution < -0.4 is 11.1 Å². The number of aryl methyl sites for hydroxylation is 1. The zero-order valence-electron chi connectivity index (χ0n) is 12.3. The van der Waals surface area contributed by atoms with Gasteiger partial charge in [-0.05, 0) is 48.9 Å². The molecule has 2 amide bonds. The number of nitrogens with one attached hydrogen (secondary N) is 1. The Balaban J connectivity index is 1.79. The van der Waals surface area contributed by atoms with Crippen LogP contribution in [0.3, 0.4) is 0 Å². The lowest BCUT2D eigenvalue weighted by atomic mass is 9.99. The first-order chi connectivity index (χ1) is 10.1. The van der Waals surface area contributed by atoms with Gasteiger partial charge in [-0.25, -0.2) is 0 Å². The second-order valence-electron chi connectivity index (χ2n) is 5.98. The number of carbonyl (C=O) groups is 2. The van der Waals surface area contributed by atoms with Crippen LogP contribution in [0.4, 0.5) is 5.69 Å². The molecule has 3 N–H and O–H groups in total. The van der Waals surface area contributed by atoms with Crippen LogP contribution in [-0.2, 0) is 11.2 Å². The van der Waals surface area contributed by atoms with Crippen molar-refractivity contribution in [1.82, 2.24) is 4.90 Å². The Morgan fingerprint density at radius 1 is 1.43 bits per heavy atom. The van der Waals surface area contributed by atoms with Crippen LogP contribution in [0.5, 0.6) is 0 Å². The molecule has 1 aliphatic carbocycles. The summed E-state index contributed by atoms with van der Waals surface area (Å²) in [4.78, 5) is 25.8. The third kappa shape index (κ3) is 2.78. The zero-order chi connectivity index (χ0) is 15.0. The summed E-state index contributed by atoms with van der Waals surface area (Å²) < 4.78 is 0. The molecule has 1 saturated carbocycles. The maximum Gasteiger partial charge on any atom is 0.253 e. The lowest BCUT2D eigenvalue weighted by molar-refractivity contribution is -0.116. The Bertz CT molecular complexity index is 581. The maximum absolute atomic E-state index is 12.6. The molecule has 3 rings (SSSR count). The van der Waals surface area contributed by atoms with E-state index in [2.05, 4.69) is 5.32 Å². The fraction of sp³-hybridized carbons (Fsp3) is 0.500. The van der Waals surface area contributed by atoms with Crippen molar-refractivity contribution >= 4 is 17.5 Å². The van der Waals surface area contributed by atoms with Gasteiger partial charge in [0.2, 0.25) is 5.91 Å². The highest BCUT2D eigenvalue weighted by atomic mass is 16.2. The monoisotopic (exact) mass is 287 g/mol. The first-order valence-corrected chi connectivity index (χ1v) is 7.50. The zero-order valence-corrected chi connectivity index (χ0v) is 12.3. The number of anilines is 1. The summed E-state index contributed by atoms with van der Waals surface area (Å²) in [6.07, 6.45) is 3.49. The number of nitrogens with two attached hydrogens (primary N) is 1. The number of likely N-dealkylation sites (N-methyl/N-ethyl adjacent to an activating group) is 1. The van der Waals surface area contributed by atoms with E-state index >= 15 is 0 Å². The van der Waals surface area contributed by atoms with Gasteiger partial charge < -0.3 is 16.0 Å². The van der Waals surface area contributed by atoms with Crippen molar-refractivity contribution < 1.29 is 9.59 Å². The molecule has 0 radical (unpaired) electrons. The van der Waals surface area contributed by atoms with Crippen LogP contribution in [0.15, 0.2) is 18.2 Å². The fourth-order valence-corrected chi connectivity index (χ4v) is 3.02. The van der Waals surface area contributed by atoms with Gasteiger partial charge in [-0.2, -0.15) is 0 Å². The first kappa shape index (κ1) is 14.1. The van der Waals surface area contributed by atoms with E-state index in [1.54, 1.807) is 11.0 Å². The predicted octanol–water partition coefficient (Wildman–Crippen LogP) is 1.38. The van der Waals surface area contributed by atoms with Gasteiger partial charge in [-0.1, -0.05) is 0 Å². The largest absolute Gasteiger partial charge is 0.337 e. The van der Waals surface area contributed by atoms with Crippen molar-refractivity contribution in [3.05, 3.63) is 29.3 Å². The summed E-state index contributed by atoms with van der Waals surface area (Å²) in [7, 11) is 1.83. The summed E-state index contributed by atoms with van der Waals surface area (Å²) in [5.41, 5.74) is 8.34. The molecule has 2 aliphatic rings. The second kappa shape index (κ2) is 5.48. The van der Waals surface area contributed by atoms with Crippen LogP contribution in [0.1, 0.15) is 35.2 Å². The molecule has 0 saturated heterocycles. The van der Waals surface area contributed by atoms with E-state index in [4.69, 9.17) is 5.73 Å². The Morgan fingerprint density at radius 2 is 2.19 bits per heavy atom. The Hall–Kier alpha value is -1.88. The summed E-state index contributed by atoms with van der Waals surface area (Å²) in [6.45, 7) is 0.508. The van der Waals surface area contributed by atoms with E-state index in [0.29, 0.717) is 30.9 Å². The molecule has 5 nitrogen and oxygen atoms in total. The molecule has 1 aromatic rings. The smallest absolute Gasteiger partial charge is 0.253 e. The molecule has 1 unspecified atom stereocenters. The molecule has 1 aromatic carbocycles. The van der Waals surface area contributed by atoms with Crippen molar-refractivity contribution in [3.8, 4) is 0 Å². The maximum atomic E-state index is 12.6. The molecule has 1 heterocycles. The lowest BCUT2D eigenvalue weighted by Gasteiger charge is -2.27. The van der Waals surface area contributed by atoms with Crippen molar-refractivity contribution in [1.29, 1.82) is 0 Å². The van der Waals surface area contributed by atoms with Gasteiger partial charge in [-0.15, -0.1) is 0 Å². The highest BCUT2D eigenvalue weighted by Crippen LogP contribution is 2.35. The predicted molar refractivity (Wildman–Crippen MR) is 81.1 cm³/mol. The quantitative estimate of drug-likeness (QED) is 0.878. The van der Waals surface area contributed by atoms with E-state index in [9.17, 15) is 9.59 Å². The van der Waals surface area contributed by atoms with E-state index in [0.717, 1.165) is 24.1 Å². The van der Waals surface area contributed by atoms with Crippen molar-refractivity contribution in [2.45, 2.75) is 31.7 Å². The highest BCUT2D eigenvalue weighted by molar-refractivity contribution is 5.98. The van der Waals surface area contributed by atoms with Crippen LogP contribution in [-0.4, -0.2) is 36.3 Å². The molecule has 1 atom stereocenters. The molecular weight excluding hydrogens is 266 g/mol. The summed E-state index contributed by atoms with van der Waals surface area (Å²) in [5, 5.41) is 2.83. The minimum absolute atomic E-state index is 0.0112. The topological polar surface area (TPSA) is 75.4 Å². The van der Waals surface area contributed by atoms with Crippen LogP contribution >= 0.6 is 0 Å². The van der Waals surface area contributed by atoms with Gasteiger partial charge in [0.05, 0.1) is 0 Å². The van der Waals surface area contributed by atoms with Crippen molar-refractivity contribution in [3.63, 3.8) is 0 Å². The second-order valence-corrected chi connectivity index (χ2v) is 5.98. The lowest BCUT2D eigenvalue weighted by Crippen LogP contribution is -2.43. The van der Waals surface area contributed by atoms with Gasteiger partial charge in [-0.3, -0.25) is 9.59 Å². The molecule has 5 heteroatoms. The number of amides is 2. The number of hydrogen-bond acceptors (Lipinski definition) is 3. The Kier molecular flexibility index (Phi) is 3.68. The van der Waals surface area contributed by atoms with E-state index in [1.165, 1.54) is 0 Å². The molecule has 0 aromatic heterocycles. The fourth-order valence-electron chi connectivity index (χ4n) is 3.02. The Labute approximate surface area is 124 Å². The van der Waals surface area contributed by atoms with E-state index in [-0.39, 0.29) is 17.9 Å². The molecule has 21 heavy (non-hydrogen) atoms. The van der Waals surface area contributed by atoms with Gasteiger partial charge in [0.1, 0.15) is 0 Å². The van der Waals surface area contributed by atoms with Crippen molar-refractivity contribution in [2.75, 3.05) is 18.9 Å². The molecule has 112 valence electrons. The minimum Gasteiger partial charge on any atom is -0.337 e. The standard InChI is InChI=1S/C16H21N3O2/c1-19(14(9-17)10-2-3-10)16(21)12-4-6-13-11(8-12)5-7-15(20)18-13/h4,6,8,10,14H,2-3,5,7,9,17H2,1H3,(H,18,20). The summed E-state index contributed by atoms with van der Waals surface area (Å²) in [5.74, 6) is 0.605. The van der Waals surface area contributed by atoms with Crippen LogP contribution in [0.2, 0.25) is 0 Å². The van der Waals surface area contributed by atoms with Gasteiger partial charge in [0.25, 0.3) is 5.91 Å². The van der Waals surface area contributed by atoms with E-state index in [1.807, 2.05) is 19.2 Å². The van der Waals surface area contributed by atoms with Crippen LogP contribution in [0, 0.1) is 5.92 Å². The summed E-state index contributed by atoms with van der Waals surface area (Å²) in [6, 6.07) is 5.63. The number of nitrogens with zero attached hydrogens (tertiary/aromatic N) is 1. The average Bonchev–Trinajstić information content (AvgIpc) is 3.31. The average molecular weight is 287 g/mol. The number of hydrogen-bond donors (Lipinski definition) is 2. The van der Waals surface area contributed by atoms with E-state index < -0.39 is 0 Å². The minimum atomic E-state index is 0.0112.